The van der Waals surface area contributed by atoms with Crippen molar-refractivity contribution in [2.45, 2.75) is 31.8 Å². The highest BCUT2D eigenvalue weighted by Crippen LogP contribution is 2.21. The van der Waals surface area contributed by atoms with E-state index in [2.05, 4.69) is 42.8 Å². The van der Waals surface area contributed by atoms with Crippen molar-refractivity contribution in [3.05, 3.63) is 46.0 Å². The quantitative estimate of drug-likeness (QED) is 0.922. The fourth-order valence-corrected chi connectivity index (χ4v) is 2.78. The van der Waals surface area contributed by atoms with Gasteiger partial charge in [-0.05, 0) is 18.1 Å². The number of rotatable bonds is 2. The van der Waals surface area contributed by atoms with Crippen molar-refractivity contribution >= 4 is 15.9 Å². The number of halogens is 1. The van der Waals surface area contributed by atoms with Gasteiger partial charge in [0.15, 0.2) is 0 Å². The second-order valence-electron chi connectivity index (χ2n) is 4.71. The molecule has 3 rings (SSSR count). The zero-order chi connectivity index (χ0) is 12.5. The summed E-state index contributed by atoms with van der Waals surface area (Å²) < 4.78 is 3.33. The van der Waals surface area contributed by atoms with Gasteiger partial charge in [-0.3, -0.25) is 0 Å². The van der Waals surface area contributed by atoms with Crippen molar-refractivity contribution in [2.24, 2.45) is 5.73 Å². The Kier molecular flexibility index (Phi) is 3.18. The van der Waals surface area contributed by atoms with E-state index >= 15 is 0 Å². The van der Waals surface area contributed by atoms with Crippen molar-refractivity contribution in [3.8, 4) is 0 Å². The molecular weight excluding hydrogens is 292 g/mol. The van der Waals surface area contributed by atoms with Gasteiger partial charge in [0.1, 0.15) is 11.6 Å². The van der Waals surface area contributed by atoms with Gasteiger partial charge in [0.25, 0.3) is 0 Å². The Morgan fingerprint density at radius 2 is 2.17 bits per heavy atom. The predicted octanol–water partition coefficient (Wildman–Crippen LogP) is 1.90. The molecule has 0 amide bonds. The maximum absolute atomic E-state index is 5.95. The summed E-state index contributed by atoms with van der Waals surface area (Å²) in [5.41, 5.74) is 7.19. The first kappa shape index (κ1) is 11.9. The second-order valence-corrected chi connectivity index (χ2v) is 5.56. The molecule has 0 saturated heterocycles. The highest BCUT2D eigenvalue weighted by molar-refractivity contribution is 9.10. The minimum absolute atomic E-state index is 0.234. The summed E-state index contributed by atoms with van der Waals surface area (Å²) in [7, 11) is 0. The van der Waals surface area contributed by atoms with Gasteiger partial charge in [-0.1, -0.05) is 34.1 Å². The van der Waals surface area contributed by atoms with Crippen LogP contribution in [0.1, 0.15) is 23.6 Å². The third-order valence-corrected chi connectivity index (χ3v) is 4.15. The molecule has 0 radical (unpaired) electrons. The SMILES string of the molecule is NC1CCn2c(Cc3ccccc3Br)nnc2C1. The molecule has 0 fully saturated rings. The number of fused-ring (bicyclic) bond motifs is 1. The maximum atomic E-state index is 5.95. The van der Waals surface area contributed by atoms with Crippen LogP contribution < -0.4 is 5.73 Å². The molecule has 0 aliphatic carbocycles. The van der Waals surface area contributed by atoms with E-state index in [1.165, 1.54) is 5.56 Å². The third-order valence-electron chi connectivity index (χ3n) is 3.38. The zero-order valence-electron chi connectivity index (χ0n) is 10.0. The summed E-state index contributed by atoms with van der Waals surface area (Å²) in [6.45, 7) is 0.934. The Balaban J connectivity index is 1.88. The van der Waals surface area contributed by atoms with Gasteiger partial charge < -0.3 is 10.3 Å². The Bertz CT molecular complexity index is 564. The topological polar surface area (TPSA) is 56.7 Å². The standard InChI is InChI=1S/C13H15BrN4/c14-11-4-2-1-3-9(11)7-12-16-17-13-8-10(15)5-6-18(12)13/h1-4,10H,5-8,15H2. The molecule has 1 atom stereocenters. The van der Waals surface area contributed by atoms with E-state index in [-0.39, 0.29) is 6.04 Å². The van der Waals surface area contributed by atoms with Crippen molar-refractivity contribution in [1.82, 2.24) is 14.8 Å². The highest BCUT2D eigenvalue weighted by Gasteiger charge is 2.20. The lowest BCUT2D eigenvalue weighted by atomic mass is 10.1. The van der Waals surface area contributed by atoms with Gasteiger partial charge in [0.2, 0.25) is 0 Å². The fourth-order valence-electron chi connectivity index (χ4n) is 2.36. The van der Waals surface area contributed by atoms with Gasteiger partial charge in [0, 0.05) is 29.9 Å². The molecule has 18 heavy (non-hydrogen) atoms. The molecule has 94 valence electrons. The van der Waals surface area contributed by atoms with Crippen LogP contribution in [0.25, 0.3) is 0 Å². The molecule has 4 nitrogen and oxygen atoms in total. The largest absolute Gasteiger partial charge is 0.327 e. The van der Waals surface area contributed by atoms with E-state index in [0.717, 1.165) is 41.9 Å². The average molecular weight is 307 g/mol. The molecular formula is C13H15BrN4. The van der Waals surface area contributed by atoms with Crippen molar-refractivity contribution in [2.75, 3.05) is 0 Å². The lowest BCUT2D eigenvalue weighted by molar-refractivity contribution is 0.455. The molecule has 0 bridgehead atoms. The van der Waals surface area contributed by atoms with Crippen LogP contribution in [-0.4, -0.2) is 20.8 Å². The molecule has 1 aromatic carbocycles. The molecule has 1 aliphatic heterocycles. The summed E-state index contributed by atoms with van der Waals surface area (Å²) in [4.78, 5) is 0. The fraction of sp³-hybridized carbons (Fsp3) is 0.385. The van der Waals surface area contributed by atoms with Gasteiger partial charge >= 0.3 is 0 Å². The zero-order valence-corrected chi connectivity index (χ0v) is 11.6. The summed E-state index contributed by atoms with van der Waals surface area (Å²) >= 11 is 3.57. The van der Waals surface area contributed by atoms with Crippen LogP contribution in [-0.2, 0) is 19.4 Å². The van der Waals surface area contributed by atoms with E-state index in [1.54, 1.807) is 0 Å². The summed E-state index contributed by atoms with van der Waals surface area (Å²) in [6, 6.07) is 8.46. The van der Waals surface area contributed by atoms with Gasteiger partial charge in [-0.25, -0.2) is 0 Å². The van der Waals surface area contributed by atoms with Crippen LogP contribution in [0.5, 0.6) is 0 Å². The van der Waals surface area contributed by atoms with Crippen LogP contribution in [0.15, 0.2) is 28.7 Å². The van der Waals surface area contributed by atoms with E-state index < -0.39 is 0 Å². The Hall–Kier alpha value is -1.20. The third kappa shape index (κ3) is 2.20. The highest BCUT2D eigenvalue weighted by atomic mass is 79.9. The van der Waals surface area contributed by atoms with Gasteiger partial charge in [-0.2, -0.15) is 0 Å². The van der Waals surface area contributed by atoms with Crippen molar-refractivity contribution < 1.29 is 0 Å². The molecule has 2 N–H and O–H groups in total. The van der Waals surface area contributed by atoms with Crippen LogP contribution in [0, 0.1) is 0 Å². The summed E-state index contributed by atoms with van der Waals surface area (Å²) in [6.07, 6.45) is 2.65. The summed E-state index contributed by atoms with van der Waals surface area (Å²) in [5, 5.41) is 8.56. The second kappa shape index (κ2) is 4.82. The van der Waals surface area contributed by atoms with Gasteiger partial charge in [-0.15, -0.1) is 10.2 Å². The minimum atomic E-state index is 0.234. The van der Waals surface area contributed by atoms with E-state index in [4.69, 9.17) is 5.73 Å². The van der Waals surface area contributed by atoms with Crippen LogP contribution in [0.2, 0.25) is 0 Å². The van der Waals surface area contributed by atoms with Gasteiger partial charge in [0.05, 0.1) is 0 Å². The van der Waals surface area contributed by atoms with Crippen molar-refractivity contribution in [1.29, 1.82) is 0 Å². The molecule has 0 saturated carbocycles. The Morgan fingerprint density at radius 1 is 1.33 bits per heavy atom. The van der Waals surface area contributed by atoms with Crippen LogP contribution >= 0.6 is 15.9 Å². The molecule has 5 heteroatoms. The number of hydrogen-bond acceptors (Lipinski definition) is 3. The van der Waals surface area contributed by atoms with E-state index in [0.29, 0.717) is 0 Å². The number of nitrogens with zero attached hydrogens (tertiary/aromatic N) is 3. The van der Waals surface area contributed by atoms with Crippen LogP contribution in [0.3, 0.4) is 0 Å². The predicted molar refractivity (Wildman–Crippen MR) is 73.3 cm³/mol. The first-order valence-corrected chi connectivity index (χ1v) is 6.93. The first-order chi connectivity index (χ1) is 8.74. The van der Waals surface area contributed by atoms with E-state index in [1.807, 2.05) is 12.1 Å². The molecule has 1 unspecified atom stereocenters. The first-order valence-electron chi connectivity index (χ1n) is 6.14. The molecule has 0 spiro atoms. The maximum Gasteiger partial charge on any atom is 0.137 e. The molecule has 1 aliphatic rings. The normalized spacial score (nSPS) is 18.7. The minimum Gasteiger partial charge on any atom is -0.327 e. The van der Waals surface area contributed by atoms with Crippen LogP contribution in [0.4, 0.5) is 0 Å². The summed E-state index contributed by atoms with van der Waals surface area (Å²) in [5.74, 6) is 2.06. The number of nitrogens with two attached hydrogens (primary N) is 1. The monoisotopic (exact) mass is 306 g/mol. The number of aromatic nitrogens is 3. The Labute approximate surface area is 114 Å². The van der Waals surface area contributed by atoms with E-state index in [9.17, 15) is 0 Å². The lowest BCUT2D eigenvalue weighted by Gasteiger charge is -2.20. The molecule has 1 aromatic heterocycles. The smallest absolute Gasteiger partial charge is 0.137 e. The number of benzene rings is 1. The molecule has 2 heterocycles. The molecule has 2 aromatic rings. The average Bonchev–Trinajstić information content (AvgIpc) is 2.74. The Morgan fingerprint density at radius 3 is 3.00 bits per heavy atom. The lowest BCUT2D eigenvalue weighted by Crippen LogP contribution is -2.31. The number of hydrogen-bond donors (Lipinski definition) is 1. The van der Waals surface area contributed by atoms with Crippen molar-refractivity contribution in [3.63, 3.8) is 0 Å².